The van der Waals surface area contributed by atoms with Gasteiger partial charge in [-0.1, -0.05) is 50.1 Å². The second kappa shape index (κ2) is 28.8. The molecular weight excluding hydrogens is 974 g/mol. The zero-order valence-electron chi connectivity index (χ0n) is 42.0. The first kappa shape index (κ1) is 57.5. The molecule has 1 aliphatic heterocycles. The molecule has 404 valence electrons. The molecule has 3 heterocycles. The Morgan fingerprint density at radius 2 is 1.44 bits per heavy atom. The summed E-state index contributed by atoms with van der Waals surface area (Å²) >= 11 is 0. The molecule has 2 aromatic heterocycles. The van der Waals surface area contributed by atoms with Crippen molar-refractivity contribution in [2.75, 3.05) is 13.1 Å². The molecule has 16 N–H and O–H groups in total. The third-order valence-corrected chi connectivity index (χ3v) is 12.4. The number of aromatic nitrogens is 3. The van der Waals surface area contributed by atoms with Crippen LogP contribution < -0.4 is 59.7 Å². The van der Waals surface area contributed by atoms with Crippen LogP contribution in [-0.4, -0.2) is 129 Å². The van der Waals surface area contributed by atoms with E-state index in [9.17, 15) is 47.5 Å². The predicted molar refractivity (Wildman–Crippen MR) is 274 cm³/mol. The summed E-state index contributed by atoms with van der Waals surface area (Å²) in [6.45, 7) is 3.17. The standard InChI is InChI=1S/C50H68FN15O9/c1-3-4-11-36(60-28(2)67)44(70)66-41-24-42(68)56-19-8-7-13-35(43(52)69)61-47(73)39(22-30-25-58-34-12-6-5-10-33(30)34)64-45(71)37(14-9-20-57-50(53)54)62-46(72)38(21-29-15-17-31(51)18-16-29)63-48(74)40(65-49(41)75)23-32-26-55-27-59-32/h5-6,10,12,15-18,25-27,35-41,58H,3-4,7-9,11,13-14,19-24H2,1-2H3,(H2,52,69)(H,55,59)(H,56,68)(H,60,67)(H,61,73)(H,62,72)(H,63,74)(H,64,71)(H,65,75)(H,66,70)(H4,53,54,57)/t35-,36+,37+,38-,39-,40+,41+/m1/s1. The zero-order valence-corrected chi connectivity index (χ0v) is 42.0. The van der Waals surface area contributed by atoms with Gasteiger partial charge in [0.2, 0.25) is 53.2 Å². The van der Waals surface area contributed by atoms with E-state index in [1.165, 1.54) is 31.6 Å². The van der Waals surface area contributed by atoms with Crippen LogP contribution in [0.5, 0.6) is 0 Å². The molecule has 9 amide bonds. The summed E-state index contributed by atoms with van der Waals surface area (Å²) in [5, 5.41) is 22.0. The number of imidazole rings is 1. The minimum Gasteiger partial charge on any atom is -0.370 e. The molecule has 0 spiro atoms. The molecule has 2 aromatic carbocycles. The Kier molecular flexibility index (Phi) is 22.1. The number of H-pyrrole nitrogens is 2. The number of carbonyl (C=O) groups excluding carboxylic acids is 9. The smallest absolute Gasteiger partial charge is 0.243 e. The lowest BCUT2D eigenvalue weighted by Gasteiger charge is -2.28. The van der Waals surface area contributed by atoms with Crippen LogP contribution in [0.1, 0.15) is 88.5 Å². The number of nitrogens with one attached hydrogen (secondary N) is 10. The molecule has 0 unspecified atom stereocenters. The summed E-state index contributed by atoms with van der Waals surface area (Å²) in [5.74, 6) is -8.08. The quantitative estimate of drug-likeness (QED) is 0.0340. The number of guanidine groups is 1. The van der Waals surface area contributed by atoms with E-state index in [2.05, 4.69) is 62.5 Å². The van der Waals surface area contributed by atoms with Gasteiger partial charge in [0.05, 0.1) is 12.7 Å². The molecule has 1 saturated heterocycles. The Morgan fingerprint density at radius 3 is 2.11 bits per heavy atom. The summed E-state index contributed by atoms with van der Waals surface area (Å²) in [6, 6.07) is 2.62. The van der Waals surface area contributed by atoms with Gasteiger partial charge in [0.25, 0.3) is 0 Å². The zero-order chi connectivity index (χ0) is 54.4. The molecule has 75 heavy (non-hydrogen) atoms. The molecular formula is C50H68FN15O9. The van der Waals surface area contributed by atoms with Crippen LogP contribution in [0.4, 0.5) is 4.39 Å². The number of nitrogens with two attached hydrogens (primary N) is 3. The normalized spacial score (nSPS) is 21.2. The van der Waals surface area contributed by atoms with Gasteiger partial charge in [-0.05, 0) is 67.9 Å². The number of hydrogen-bond acceptors (Lipinski definition) is 11. The average molecular weight is 1040 g/mol. The molecule has 0 aliphatic carbocycles. The minimum atomic E-state index is -1.61. The summed E-state index contributed by atoms with van der Waals surface area (Å²) in [4.78, 5) is 139. The number of hydrogen-bond donors (Lipinski definition) is 13. The fraction of sp³-hybridized carbons (Fsp3) is 0.460. The first-order valence-electron chi connectivity index (χ1n) is 24.9. The first-order chi connectivity index (χ1) is 35.9. The van der Waals surface area contributed by atoms with Crippen molar-refractivity contribution in [3.05, 3.63) is 89.9 Å². The third-order valence-electron chi connectivity index (χ3n) is 12.4. The highest BCUT2D eigenvalue weighted by Crippen LogP contribution is 2.20. The fourth-order valence-electron chi connectivity index (χ4n) is 8.40. The Hall–Kier alpha value is -8.38. The fourth-order valence-corrected chi connectivity index (χ4v) is 8.40. The first-order valence-corrected chi connectivity index (χ1v) is 24.9. The number of aromatic amines is 2. The highest BCUT2D eigenvalue weighted by Gasteiger charge is 2.35. The van der Waals surface area contributed by atoms with E-state index in [0.29, 0.717) is 29.7 Å². The number of primary amides is 1. The van der Waals surface area contributed by atoms with Crippen molar-refractivity contribution in [1.29, 1.82) is 0 Å². The molecule has 25 heteroatoms. The number of amides is 9. The number of para-hydroxylation sites is 1. The predicted octanol–water partition coefficient (Wildman–Crippen LogP) is -1.11. The van der Waals surface area contributed by atoms with Gasteiger partial charge in [-0.15, -0.1) is 0 Å². The lowest BCUT2D eigenvalue weighted by Crippen LogP contribution is -2.61. The maximum absolute atomic E-state index is 14.7. The lowest BCUT2D eigenvalue weighted by molar-refractivity contribution is -0.136. The SMILES string of the molecule is CCCC[C@H](NC(C)=O)C(=O)N[C@H]1CC(=O)NCCCC[C@H](C(N)=O)NC(=O)[C@@H](Cc2c[nH]c3ccccc23)NC(=O)[C@H](CCCN=C(N)N)NC(=O)[C@@H](Cc2ccc(F)cc2)NC(=O)[C@H](Cc2cnc[nH]2)NC1=O. The van der Waals surface area contributed by atoms with Crippen LogP contribution in [0.2, 0.25) is 0 Å². The van der Waals surface area contributed by atoms with Gasteiger partial charge in [0.1, 0.15) is 48.1 Å². The van der Waals surface area contributed by atoms with Crippen molar-refractivity contribution in [2.45, 2.75) is 133 Å². The van der Waals surface area contributed by atoms with Crippen molar-refractivity contribution < 1.29 is 47.5 Å². The number of carbonyl (C=O) groups is 9. The highest BCUT2D eigenvalue weighted by atomic mass is 19.1. The van der Waals surface area contributed by atoms with Crippen LogP contribution in [0, 0.1) is 5.82 Å². The van der Waals surface area contributed by atoms with Gasteiger partial charge >= 0.3 is 0 Å². The molecule has 1 aliphatic rings. The summed E-state index contributed by atoms with van der Waals surface area (Å²) in [5.41, 5.74) is 19.0. The number of benzene rings is 2. The van der Waals surface area contributed by atoms with E-state index < -0.39 is 108 Å². The van der Waals surface area contributed by atoms with E-state index in [1.54, 1.807) is 12.3 Å². The molecule has 0 radical (unpaired) electrons. The Balaban J connectivity index is 1.56. The Bertz CT molecular complexity index is 2640. The molecule has 24 nitrogen and oxygen atoms in total. The molecule has 1 fully saturated rings. The summed E-state index contributed by atoms with van der Waals surface area (Å²) in [7, 11) is 0. The molecule has 0 saturated carbocycles. The van der Waals surface area contributed by atoms with Gasteiger partial charge in [0, 0.05) is 68.3 Å². The number of nitrogens with zero attached hydrogens (tertiary/aromatic N) is 2. The van der Waals surface area contributed by atoms with Crippen molar-refractivity contribution in [2.24, 2.45) is 22.2 Å². The second-order valence-electron chi connectivity index (χ2n) is 18.3. The van der Waals surface area contributed by atoms with E-state index >= 15 is 0 Å². The maximum atomic E-state index is 14.7. The van der Waals surface area contributed by atoms with Crippen molar-refractivity contribution >= 4 is 70.0 Å². The van der Waals surface area contributed by atoms with E-state index in [4.69, 9.17) is 17.2 Å². The molecule has 5 rings (SSSR count). The monoisotopic (exact) mass is 1040 g/mol. The summed E-state index contributed by atoms with van der Waals surface area (Å²) < 4.78 is 14.2. The molecule has 7 atom stereocenters. The molecule has 4 aromatic rings. The average Bonchev–Trinajstić information content (AvgIpc) is 4.04. The van der Waals surface area contributed by atoms with Crippen LogP contribution >= 0.6 is 0 Å². The van der Waals surface area contributed by atoms with Crippen LogP contribution in [0.3, 0.4) is 0 Å². The topological polar surface area (TPSA) is 385 Å². The van der Waals surface area contributed by atoms with Crippen LogP contribution in [-0.2, 0) is 62.4 Å². The van der Waals surface area contributed by atoms with Crippen LogP contribution in [0.15, 0.2) is 72.2 Å². The van der Waals surface area contributed by atoms with Crippen molar-refractivity contribution in [3.63, 3.8) is 0 Å². The van der Waals surface area contributed by atoms with Gasteiger partial charge in [-0.25, -0.2) is 9.37 Å². The number of unbranched alkanes of at least 4 members (excludes halogenated alkanes) is 1. The number of fused-ring (bicyclic) bond motifs is 1. The Morgan fingerprint density at radius 1 is 0.787 bits per heavy atom. The number of aliphatic imine (C=N–C) groups is 1. The van der Waals surface area contributed by atoms with Gasteiger partial charge < -0.3 is 69.7 Å². The van der Waals surface area contributed by atoms with Gasteiger partial charge in [-0.3, -0.25) is 48.1 Å². The summed E-state index contributed by atoms with van der Waals surface area (Å²) in [6.07, 6.45) is 5.15. The van der Waals surface area contributed by atoms with E-state index in [1.807, 2.05) is 25.1 Å². The van der Waals surface area contributed by atoms with E-state index in [0.717, 1.165) is 23.0 Å². The van der Waals surface area contributed by atoms with Gasteiger partial charge in [0.15, 0.2) is 5.96 Å². The largest absolute Gasteiger partial charge is 0.370 e. The number of halogens is 1. The molecule has 0 bridgehead atoms. The van der Waals surface area contributed by atoms with Gasteiger partial charge in [-0.2, -0.15) is 0 Å². The van der Waals surface area contributed by atoms with Crippen LogP contribution in [0.25, 0.3) is 10.9 Å². The lowest BCUT2D eigenvalue weighted by atomic mass is 10.0. The van der Waals surface area contributed by atoms with Crippen molar-refractivity contribution in [1.82, 2.24) is 57.5 Å². The number of rotatable bonds is 17. The minimum absolute atomic E-state index is 0.0196. The Labute approximate surface area is 432 Å². The van der Waals surface area contributed by atoms with Crippen molar-refractivity contribution in [3.8, 4) is 0 Å². The highest BCUT2D eigenvalue weighted by molar-refractivity contribution is 5.99. The third kappa shape index (κ3) is 18.6. The maximum Gasteiger partial charge on any atom is 0.243 e. The second-order valence-corrected chi connectivity index (χ2v) is 18.3. The van der Waals surface area contributed by atoms with E-state index in [-0.39, 0.29) is 76.8 Å².